The summed E-state index contributed by atoms with van der Waals surface area (Å²) >= 11 is 0. The van der Waals surface area contributed by atoms with Gasteiger partial charge >= 0.3 is 0 Å². The largest absolute Gasteiger partial charge is 0.481 e. The van der Waals surface area contributed by atoms with E-state index in [1.807, 2.05) is 18.2 Å². The summed E-state index contributed by atoms with van der Waals surface area (Å²) in [5.41, 5.74) is 1.26. The number of ether oxygens (including phenoxy) is 1. The molecule has 1 N–H and O–H groups in total. The molecule has 0 heterocycles. The van der Waals surface area contributed by atoms with Gasteiger partial charge in [-0.05, 0) is 49.6 Å². The van der Waals surface area contributed by atoms with Crippen LogP contribution in [-0.2, 0) is 11.2 Å². The number of hydrogen-bond acceptors (Lipinski definition) is 2. The van der Waals surface area contributed by atoms with Crippen molar-refractivity contribution < 1.29 is 13.9 Å². The molecule has 116 valence electrons. The Morgan fingerprint density at radius 3 is 2.50 bits per heavy atom. The minimum atomic E-state index is -0.609. The summed E-state index contributed by atoms with van der Waals surface area (Å²) in [6, 6.07) is 15.8. The molecule has 1 amide bonds. The van der Waals surface area contributed by atoms with Gasteiger partial charge in [0.25, 0.3) is 5.91 Å². The van der Waals surface area contributed by atoms with Crippen LogP contribution in [0.25, 0.3) is 0 Å². The van der Waals surface area contributed by atoms with E-state index in [-0.39, 0.29) is 11.7 Å². The van der Waals surface area contributed by atoms with Crippen molar-refractivity contribution in [3.63, 3.8) is 0 Å². The van der Waals surface area contributed by atoms with Gasteiger partial charge in [0, 0.05) is 6.54 Å². The van der Waals surface area contributed by atoms with Gasteiger partial charge in [-0.3, -0.25) is 4.79 Å². The molecule has 2 aromatic rings. The van der Waals surface area contributed by atoms with E-state index in [0.717, 1.165) is 12.8 Å². The van der Waals surface area contributed by atoms with Crippen molar-refractivity contribution >= 4 is 5.91 Å². The average Bonchev–Trinajstić information content (AvgIpc) is 2.54. The Morgan fingerprint density at radius 1 is 1.14 bits per heavy atom. The third-order valence-corrected chi connectivity index (χ3v) is 3.28. The topological polar surface area (TPSA) is 38.3 Å². The molecule has 0 aromatic heterocycles. The Balaban J connectivity index is 1.69. The maximum atomic E-state index is 12.8. The first-order valence-corrected chi connectivity index (χ1v) is 7.39. The van der Waals surface area contributed by atoms with Gasteiger partial charge in [-0.25, -0.2) is 4.39 Å². The standard InChI is InChI=1S/C18H20FNO2/c1-14(22-17-11-9-16(19)10-12-17)18(21)20-13-5-8-15-6-3-2-4-7-15/h2-4,6-7,9-12,14H,5,8,13H2,1H3,(H,20,21)/t14-/m0/s1. The van der Waals surface area contributed by atoms with Gasteiger partial charge in [0.05, 0.1) is 0 Å². The number of amides is 1. The van der Waals surface area contributed by atoms with Crippen molar-refractivity contribution in [2.45, 2.75) is 25.9 Å². The maximum absolute atomic E-state index is 12.8. The van der Waals surface area contributed by atoms with E-state index in [0.29, 0.717) is 12.3 Å². The molecule has 22 heavy (non-hydrogen) atoms. The summed E-state index contributed by atoms with van der Waals surface area (Å²) < 4.78 is 18.3. The van der Waals surface area contributed by atoms with Crippen LogP contribution in [0, 0.1) is 5.82 Å². The second-order valence-electron chi connectivity index (χ2n) is 5.09. The fourth-order valence-electron chi connectivity index (χ4n) is 2.06. The van der Waals surface area contributed by atoms with E-state index in [1.54, 1.807) is 6.92 Å². The van der Waals surface area contributed by atoms with Crippen molar-refractivity contribution in [1.82, 2.24) is 5.32 Å². The van der Waals surface area contributed by atoms with Crippen LogP contribution in [-0.4, -0.2) is 18.6 Å². The molecular formula is C18H20FNO2. The van der Waals surface area contributed by atoms with Crippen molar-refractivity contribution in [3.05, 3.63) is 66.0 Å². The molecule has 0 saturated carbocycles. The lowest BCUT2D eigenvalue weighted by Gasteiger charge is -2.14. The second kappa shape index (κ2) is 8.17. The zero-order chi connectivity index (χ0) is 15.8. The smallest absolute Gasteiger partial charge is 0.260 e. The molecule has 0 radical (unpaired) electrons. The van der Waals surface area contributed by atoms with E-state index in [9.17, 15) is 9.18 Å². The molecule has 2 aromatic carbocycles. The number of benzene rings is 2. The number of rotatable bonds is 7. The molecule has 4 heteroatoms. The van der Waals surface area contributed by atoms with Crippen LogP contribution in [0.15, 0.2) is 54.6 Å². The first kappa shape index (κ1) is 16.0. The first-order chi connectivity index (χ1) is 10.6. The molecule has 2 rings (SSSR count). The highest BCUT2D eigenvalue weighted by atomic mass is 19.1. The third-order valence-electron chi connectivity index (χ3n) is 3.28. The molecule has 3 nitrogen and oxygen atoms in total. The highest BCUT2D eigenvalue weighted by Gasteiger charge is 2.13. The number of carbonyl (C=O) groups excluding carboxylic acids is 1. The van der Waals surface area contributed by atoms with Gasteiger partial charge in [0.2, 0.25) is 0 Å². The molecule has 0 spiro atoms. The number of nitrogens with one attached hydrogen (secondary N) is 1. The predicted octanol–water partition coefficient (Wildman–Crippen LogP) is 3.34. The Kier molecular flexibility index (Phi) is 5.95. The highest BCUT2D eigenvalue weighted by molar-refractivity contribution is 5.80. The normalized spacial score (nSPS) is 11.7. The van der Waals surface area contributed by atoms with Gasteiger partial charge in [-0.1, -0.05) is 30.3 Å². The fourth-order valence-corrected chi connectivity index (χ4v) is 2.06. The zero-order valence-electron chi connectivity index (χ0n) is 12.6. The Morgan fingerprint density at radius 2 is 1.82 bits per heavy atom. The van der Waals surface area contributed by atoms with Crippen molar-refractivity contribution in [3.8, 4) is 5.75 Å². The lowest BCUT2D eigenvalue weighted by molar-refractivity contribution is -0.127. The Hall–Kier alpha value is -2.36. The summed E-state index contributed by atoms with van der Waals surface area (Å²) in [5, 5.41) is 2.85. The van der Waals surface area contributed by atoms with Crippen LogP contribution in [0.3, 0.4) is 0 Å². The van der Waals surface area contributed by atoms with E-state index < -0.39 is 6.10 Å². The van der Waals surface area contributed by atoms with Crippen molar-refractivity contribution in [1.29, 1.82) is 0 Å². The van der Waals surface area contributed by atoms with Gasteiger partial charge in [-0.2, -0.15) is 0 Å². The monoisotopic (exact) mass is 301 g/mol. The quantitative estimate of drug-likeness (QED) is 0.797. The Labute approximate surface area is 130 Å². The van der Waals surface area contributed by atoms with Gasteiger partial charge < -0.3 is 10.1 Å². The van der Waals surface area contributed by atoms with E-state index in [2.05, 4.69) is 17.4 Å². The highest BCUT2D eigenvalue weighted by Crippen LogP contribution is 2.13. The summed E-state index contributed by atoms with van der Waals surface area (Å²) in [6.45, 7) is 2.28. The minimum absolute atomic E-state index is 0.169. The van der Waals surface area contributed by atoms with Crippen molar-refractivity contribution in [2.75, 3.05) is 6.54 Å². The maximum Gasteiger partial charge on any atom is 0.260 e. The lowest BCUT2D eigenvalue weighted by atomic mass is 10.1. The van der Waals surface area contributed by atoms with E-state index in [4.69, 9.17) is 4.74 Å². The molecule has 0 fully saturated rings. The van der Waals surface area contributed by atoms with Crippen LogP contribution >= 0.6 is 0 Å². The molecule has 0 unspecified atom stereocenters. The Bertz CT molecular complexity index is 584. The summed E-state index contributed by atoms with van der Waals surface area (Å²) in [6.07, 6.45) is 1.19. The molecule has 0 bridgehead atoms. The van der Waals surface area contributed by atoms with E-state index >= 15 is 0 Å². The number of halogens is 1. The third kappa shape index (κ3) is 5.20. The average molecular weight is 301 g/mol. The molecule has 1 atom stereocenters. The molecule has 0 aliphatic heterocycles. The summed E-state index contributed by atoms with van der Waals surface area (Å²) in [4.78, 5) is 11.9. The van der Waals surface area contributed by atoms with Crippen LogP contribution in [0.4, 0.5) is 4.39 Å². The predicted molar refractivity (Wildman–Crippen MR) is 84.3 cm³/mol. The summed E-state index contributed by atoms with van der Waals surface area (Å²) in [7, 11) is 0. The molecule has 0 aliphatic carbocycles. The van der Waals surface area contributed by atoms with Gasteiger partial charge in [0.15, 0.2) is 6.10 Å². The molecule has 0 saturated heterocycles. The lowest BCUT2D eigenvalue weighted by Crippen LogP contribution is -2.36. The van der Waals surface area contributed by atoms with Crippen molar-refractivity contribution in [2.24, 2.45) is 0 Å². The molecule has 0 aliphatic rings. The van der Waals surface area contributed by atoms with Crippen LogP contribution in [0.1, 0.15) is 18.9 Å². The first-order valence-electron chi connectivity index (χ1n) is 7.39. The minimum Gasteiger partial charge on any atom is -0.481 e. The van der Waals surface area contributed by atoms with Gasteiger partial charge in [0.1, 0.15) is 11.6 Å². The van der Waals surface area contributed by atoms with Crippen LogP contribution in [0.2, 0.25) is 0 Å². The SMILES string of the molecule is C[C@H](Oc1ccc(F)cc1)C(=O)NCCCc1ccccc1. The number of aryl methyl sites for hydroxylation is 1. The van der Waals surface area contributed by atoms with Crippen LogP contribution in [0.5, 0.6) is 5.75 Å². The van der Waals surface area contributed by atoms with Gasteiger partial charge in [-0.15, -0.1) is 0 Å². The number of carbonyl (C=O) groups is 1. The zero-order valence-corrected chi connectivity index (χ0v) is 12.6. The van der Waals surface area contributed by atoms with E-state index in [1.165, 1.54) is 29.8 Å². The van der Waals surface area contributed by atoms with Crippen LogP contribution < -0.4 is 10.1 Å². The summed E-state index contributed by atoms with van der Waals surface area (Å²) in [5.74, 6) is -0.0175. The number of hydrogen-bond donors (Lipinski definition) is 1. The second-order valence-corrected chi connectivity index (χ2v) is 5.09. The fraction of sp³-hybridized carbons (Fsp3) is 0.278. The molecular weight excluding hydrogens is 281 g/mol.